The van der Waals surface area contributed by atoms with Gasteiger partial charge in [-0.2, -0.15) is 0 Å². The van der Waals surface area contributed by atoms with Gasteiger partial charge in [-0.25, -0.2) is 0 Å². The van der Waals surface area contributed by atoms with Crippen molar-refractivity contribution in [3.8, 4) is 0 Å². The molecule has 0 saturated heterocycles. The van der Waals surface area contributed by atoms with Crippen LogP contribution in [0.25, 0.3) is 5.57 Å². The van der Waals surface area contributed by atoms with Crippen LogP contribution < -0.4 is 10.2 Å². The van der Waals surface area contributed by atoms with Gasteiger partial charge in [0, 0.05) is 13.0 Å². The Bertz CT molecular complexity index is 679. The van der Waals surface area contributed by atoms with Gasteiger partial charge in [0.15, 0.2) is 6.54 Å². The van der Waals surface area contributed by atoms with Crippen LogP contribution in [0.1, 0.15) is 17.5 Å². The molecule has 1 unspecified atom stereocenters. The Hall–Kier alpha value is -2.39. The van der Waals surface area contributed by atoms with Crippen molar-refractivity contribution in [2.75, 3.05) is 26.2 Å². The Morgan fingerprint density at radius 3 is 2.38 bits per heavy atom. The van der Waals surface area contributed by atoms with Gasteiger partial charge in [-0.3, -0.25) is 4.79 Å². The zero-order valence-electron chi connectivity index (χ0n) is 14.0. The molecule has 1 atom stereocenters. The zero-order valence-corrected chi connectivity index (χ0v) is 14.0. The molecule has 0 aliphatic carbocycles. The second kappa shape index (κ2) is 8.46. The van der Waals surface area contributed by atoms with Crippen LogP contribution >= 0.6 is 0 Å². The van der Waals surface area contributed by atoms with Gasteiger partial charge in [0.25, 0.3) is 5.91 Å². The summed E-state index contributed by atoms with van der Waals surface area (Å²) < 4.78 is 0. The predicted molar refractivity (Wildman–Crippen MR) is 97.8 cm³/mol. The molecule has 24 heavy (non-hydrogen) atoms. The maximum absolute atomic E-state index is 12.1. The summed E-state index contributed by atoms with van der Waals surface area (Å²) in [6.45, 7) is 3.22. The number of quaternary nitrogens is 1. The smallest absolute Gasteiger partial charge is 0.275 e. The van der Waals surface area contributed by atoms with Gasteiger partial charge in [-0.05, 0) is 29.2 Å². The fourth-order valence-corrected chi connectivity index (χ4v) is 3.14. The predicted octanol–water partition coefficient (Wildman–Crippen LogP) is 1.72. The van der Waals surface area contributed by atoms with E-state index in [9.17, 15) is 4.79 Å². The number of amides is 1. The van der Waals surface area contributed by atoms with E-state index in [0.29, 0.717) is 13.1 Å². The molecule has 0 fully saturated rings. The standard InChI is InChI=1S/C21H24N2O/c24-21(22-14-11-18-7-3-1-4-8-18)17-23-15-12-20(13-16-23)19-9-5-2-6-10-19/h1-10,12H,11,13-17H2,(H,22,24)/p+1. The fourth-order valence-electron chi connectivity index (χ4n) is 3.14. The molecule has 0 radical (unpaired) electrons. The highest BCUT2D eigenvalue weighted by molar-refractivity contribution is 5.77. The van der Waals surface area contributed by atoms with E-state index in [0.717, 1.165) is 25.9 Å². The van der Waals surface area contributed by atoms with Crippen molar-refractivity contribution in [2.24, 2.45) is 0 Å². The molecule has 3 nitrogen and oxygen atoms in total. The molecule has 2 N–H and O–H groups in total. The van der Waals surface area contributed by atoms with Gasteiger partial charge in [0.1, 0.15) is 0 Å². The van der Waals surface area contributed by atoms with Crippen LogP contribution in [-0.2, 0) is 11.2 Å². The molecule has 2 aromatic rings. The molecule has 2 aromatic carbocycles. The lowest BCUT2D eigenvalue weighted by atomic mass is 10.00. The molecule has 1 heterocycles. The van der Waals surface area contributed by atoms with Crippen LogP contribution in [0, 0.1) is 0 Å². The Morgan fingerprint density at radius 2 is 1.71 bits per heavy atom. The van der Waals surface area contributed by atoms with Gasteiger partial charge in [-0.1, -0.05) is 60.7 Å². The Kier molecular flexibility index (Phi) is 5.80. The number of rotatable bonds is 6. The average molecular weight is 321 g/mol. The summed E-state index contributed by atoms with van der Waals surface area (Å²) in [7, 11) is 0. The minimum atomic E-state index is 0.150. The summed E-state index contributed by atoms with van der Waals surface area (Å²) in [5, 5.41) is 3.04. The highest BCUT2D eigenvalue weighted by atomic mass is 16.2. The highest BCUT2D eigenvalue weighted by Gasteiger charge is 2.18. The molecular formula is C21H25N2O+. The molecular weight excluding hydrogens is 296 g/mol. The molecule has 124 valence electrons. The van der Waals surface area contributed by atoms with Crippen molar-refractivity contribution < 1.29 is 9.69 Å². The number of benzene rings is 2. The minimum absolute atomic E-state index is 0.150. The topological polar surface area (TPSA) is 33.5 Å². The Morgan fingerprint density at radius 1 is 1.00 bits per heavy atom. The van der Waals surface area contributed by atoms with E-state index in [1.54, 1.807) is 0 Å². The van der Waals surface area contributed by atoms with E-state index in [2.05, 4.69) is 47.8 Å². The quantitative estimate of drug-likeness (QED) is 0.834. The number of carbonyl (C=O) groups is 1. The van der Waals surface area contributed by atoms with Gasteiger partial charge in [-0.15, -0.1) is 0 Å². The average Bonchev–Trinajstić information content (AvgIpc) is 2.64. The van der Waals surface area contributed by atoms with Crippen molar-refractivity contribution in [3.05, 3.63) is 77.9 Å². The number of carbonyl (C=O) groups excluding carboxylic acids is 1. The molecule has 3 rings (SSSR count). The first kappa shape index (κ1) is 16.5. The number of nitrogens with one attached hydrogen (secondary N) is 2. The van der Waals surface area contributed by atoms with Crippen molar-refractivity contribution in [1.29, 1.82) is 0 Å². The normalized spacial score (nSPS) is 17.2. The van der Waals surface area contributed by atoms with Crippen molar-refractivity contribution in [2.45, 2.75) is 12.8 Å². The van der Waals surface area contributed by atoms with Crippen molar-refractivity contribution >= 4 is 11.5 Å². The maximum Gasteiger partial charge on any atom is 0.275 e. The van der Waals surface area contributed by atoms with E-state index in [1.165, 1.54) is 21.6 Å². The third kappa shape index (κ3) is 4.80. The Balaban J connectivity index is 1.41. The number of hydrogen-bond donors (Lipinski definition) is 2. The molecule has 0 aromatic heterocycles. The monoisotopic (exact) mass is 321 g/mol. The second-order valence-corrected chi connectivity index (χ2v) is 6.31. The third-order valence-electron chi connectivity index (χ3n) is 4.52. The first-order chi connectivity index (χ1) is 11.8. The summed E-state index contributed by atoms with van der Waals surface area (Å²) in [6, 6.07) is 20.8. The zero-order chi connectivity index (χ0) is 16.6. The molecule has 1 aliphatic heterocycles. The van der Waals surface area contributed by atoms with Gasteiger partial charge < -0.3 is 10.2 Å². The van der Waals surface area contributed by atoms with Crippen LogP contribution in [0.3, 0.4) is 0 Å². The van der Waals surface area contributed by atoms with Gasteiger partial charge >= 0.3 is 0 Å². The van der Waals surface area contributed by atoms with Gasteiger partial charge in [0.05, 0.1) is 13.1 Å². The van der Waals surface area contributed by atoms with E-state index < -0.39 is 0 Å². The summed E-state index contributed by atoms with van der Waals surface area (Å²) in [5.41, 5.74) is 3.98. The minimum Gasteiger partial charge on any atom is -0.351 e. The summed E-state index contributed by atoms with van der Waals surface area (Å²) >= 11 is 0. The van der Waals surface area contributed by atoms with Crippen LogP contribution in [0.2, 0.25) is 0 Å². The Labute approximate surface area is 144 Å². The summed E-state index contributed by atoms with van der Waals surface area (Å²) in [5.74, 6) is 0.150. The molecule has 0 saturated carbocycles. The fraction of sp³-hybridized carbons (Fsp3) is 0.286. The van der Waals surface area contributed by atoms with Crippen LogP contribution in [0.5, 0.6) is 0 Å². The van der Waals surface area contributed by atoms with E-state index in [-0.39, 0.29) is 5.91 Å². The van der Waals surface area contributed by atoms with Crippen LogP contribution in [-0.4, -0.2) is 32.1 Å². The molecule has 0 spiro atoms. The second-order valence-electron chi connectivity index (χ2n) is 6.31. The number of hydrogen-bond acceptors (Lipinski definition) is 1. The van der Waals surface area contributed by atoms with E-state index >= 15 is 0 Å². The highest BCUT2D eigenvalue weighted by Crippen LogP contribution is 2.17. The first-order valence-corrected chi connectivity index (χ1v) is 8.70. The van der Waals surface area contributed by atoms with Gasteiger partial charge in [0.2, 0.25) is 0 Å². The maximum atomic E-state index is 12.1. The lowest BCUT2D eigenvalue weighted by Crippen LogP contribution is -3.13. The van der Waals surface area contributed by atoms with Crippen LogP contribution in [0.15, 0.2) is 66.7 Å². The third-order valence-corrected chi connectivity index (χ3v) is 4.52. The molecule has 3 heteroatoms. The van der Waals surface area contributed by atoms with Crippen molar-refractivity contribution in [1.82, 2.24) is 5.32 Å². The molecule has 1 amide bonds. The van der Waals surface area contributed by atoms with Crippen molar-refractivity contribution in [3.63, 3.8) is 0 Å². The summed E-state index contributed by atoms with van der Waals surface area (Å²) in [6.07, 6.45) is 4.21. The van der Waals surface area contributed by atoms with E-state index in [4.69, 9.17) is 0 Å². The first-order valence-electron chi connectivity index (χ1n) is 8.70. The molecule has 1 aliphatic rings. The summed E-state index contributed by atoms with van der Waals surface area (Å²) in [4.78, 5) is 13.4. The lowest BCUT2D eigenvalue weighted by Gasteiger charge is -2.23. The molecule has 0 bridgehead atoms. The van der Waals surface area contributed by atoms with Crippen LogP contribution in [0.4, 0.5) is 0 Å². The lowest BCUT2D eigenvalue weighted by molar-refractivity contribution is -0.886. The largest absolute Gasteiger partial charge is 0.351 e. The van der Waals surface area contributed by atoms with E-state index in [1.807, 2.05) is 24.3 Å². The SMILES string of the molecule is O=C(C[NH+]1CC=C(c2ccccc2)CC1)NCCc1ccccc1.